The highest BCUT2D eigenvalue weighted by atomic mass is 16.5. The highest BCUT2D eigenvalue weighted by molar-refractivity contribution is 5.78. The number of ether oxygens (including phenoxy) is 1. The molecule has 0 radical (unpaired) electrons. The summed E-state index contributed by atoms with van der Waals surface area (Å²) in [6, 6.07) is -0.163. The van der Waals surface area contributed by atoms with Crippen molar-refractivity contribution in [2.75, 3.05) is 20.2 Å². The SMILES string of the molecule is COC(=O)C1CC[NH+]([C@@H](C)C(N)=O)CC1. The largest absolute Gasteiger partial charge is 0.469 e. The van der Waals surface area contributed by atoms with Crippen LogP contribution in [0.4, 0.5) is 0 Å². The average molecular weight is 215 g/mol. The number of primary amides is 1. The molecule has 1 saturated heterocycles. The number of hydrogen-bond acceptors (Lipinski definition) is 3. The summed E-state index contributed by atoms with van der Waals surface area (Å²) in [5.41, 5.74) is 5.24. The molecule has 0 aromatic rings. The first-order chi connectivity index (χ1) is 7.06. The predicted octanol–water partition coefficient (Wildman–Crippen LogP) is -1.67. The van der Waals surface area contributed by atoms with Crippen molar-refractivity contribution in [3.05, 3.63) is 0 Å². The molecule has 5 heteroatoms. The minimum absolute atomic E-state index is 0.00109. The van der Waals surface area contributed by atoms with Crippen LogP contribution in [0.2, 0.25) is 0 Å². The van der Waals surface area contributed by atoms with Crippen LogP contribution in [0, 0.1) is 5.92 Å². The zero-order valence-electron chi connectivity index (χ0n) is 9.29. The van der Waals surface area contributed by atoms with E-state index in [-0.39, 0.29) is 23.8 Å². The molecule has 0 spiro atoms. The van der Waals surface area contributed by atoms with Crippen LogP contribution in [-0.4, -0.2) is 38.1 Å². The second kappa shape index (κ2) is 5.11. The Morgan fingerprint density at radius 3 is 2.33 bits per heavy atom. The molecule has 1 amide bonds. The number of carbonyl (C=O) groups excluding carboxylic acids is 2. The Hall–Kier alpha value is -1.10. The third-order valence-corrected chi connectivity index (χ3v) is 3.20. The minimum Gasteiger partial charge on any atom is -0.469 e. The van der Waals surface area contributed by atoms with Crippen molar-refractivity contribution in [2.45, 2.75) is 25.8 Å². The molecule has 0 unspecified atom stereocenters. The van der Waals surface area contributed by atoms with E-state index < -0.39 is 0 Å². The molecule has 1 aliphatic rings. The van der Waals surface area contributed by atoms with Crippen LogP contribution in [-0.2, 0) is 14.3 Å². The van der Waals surface area contributed by atoms with Crippen LogP contribution in [0.3, 0.4) is 0 Å². The van der Waals surface area contributed by atoms with Crippen molar-refractivity contribution in [2.24, 2.45) is 11.7 Å². The van der Waals surface area contributed by atoms with Gasteiger partial charge in [-0.25, -0.2) is 0 Å². The Balaban J connectivity index is 2.42. The fraction of sp³-hybridized carbons (Fsp3) is 0.800. The molecule has 0 aromatic heterocycles. The average Bonchev–Trinajstić information content (AvgIpc) is 2.27. The van der Waals surface area contributed by atoms with Crippen molar-refractivity contribution in [1.82, 2.24) is 0 Å². The summed E-state index contributed by atoms with van der Waals surface area (Å²) in [7, 11) is 1.41. The number of nitrogens with one attached hydrogen (secondary N) is 1. The number of esters is 1. The lowest BCUT2D eigenvalue weighted by Crippen LogP contribution is -3.17. The van der Waals surface area contributed by atoms with Gasteiger partial charge < -0.3 is 15.4 Å². The highest BCUT2D eigenvalue weighted by Crippen LogP contribution is 2.11. The van der Waals surface area contributed by atoms with Crippen LogP contribution in [0.15, 0.2) is 0 Å². The summed E-state index contributed by atoms with van der Waals surface area (Å²) >= 11 is 0. The lowest BCUT2D eigenvalue weighted by atomic mass is 9.96. The molecule has 0 aromatic carbocycles. The quantitative estimate of drug-likeness (QED) is 0.553. The zero-order valence-corrected chi connectivity index (χ0v) is 9.29. The monoisotopic (exact) mass is 215 g/mol. The molecule has 1 rings (SSSR count). The summed E-state index contributed by atoms with van der Waals surface area (Å²) in [5, 5.41) is 0. The molecule has 1 heterocycles. The second-order valence-corrected chi connectivity index (χ2v) is 4.08. The molecule has 1 atom stereocenters. The Kier molecular flexibility index (Phi) is 4.08. The van der Waals surface area contributed by atoms with Crippen molar-refractivity contribution < 1.29 is 19.2 Å². The molecule has 86 valence electrons. The summed E-state index contributed by atoms with van der Waals surface area (Å²) < 4.78 is 4.69. The maximum absolute atomic E-state index is 11.3. The first-order valence-electron chi connectivity index (χ1n) is 5.28. The van der Waals surface area contributed by atoms with Crippen molar-refractivity contribution in [3.63, 3.8) is 0 Å². The fourth-order valence-electron chi connectivity index (χ4n) is 2.03. The van der Waals surface area contributed by atoms with E-state index in [1.54, 1.807) is 0 Å². The first-order valence-corrected chi connectivity index (χ1v) is 5.28. The van der Waals surface area contributed by atoms with Crippen LogP contribution in [0.1, 0.15) is 19.8 Å². The third-order valence-electron chi connectivity index (χ3n) is 3.20. The molecule has 0 saturated carbocycles. The molecule has 0 bridgehead atoms. The number of hydrogen-bond donors (Lipinski definition) is 2. The molecule has 15 heavy (non-hydrogen) atoms. The van der Waals surface area contributed by atoms with Gasteiger partial charge in [-0.2, -0.15) is 0 Å². The molecular formula is C10H19N2O3+. The third kappa shape index (κ3) is 2.92. The van der Waals surface area contributed by atoms with E-state index in [9.17, 15) is 9.59 Å². The standard InChI is InChI=1S/C10H18N2O3/c1-7(9(11)13)12-5-3-8(4-6-12)10(14)15-2/h7-8H,3-6H2,1-2H3,(H2,11,13)/p+1/t7-/m0/s1. The van der Waals surface area contributed by atoms with Gasteiger partial charge in [-0.3, -0.25) is 9.59 Å². The number of quaternary nitrogens is 1. The second-order valence-electron chi connectivity index (χ2n) is 4.08. The summed E-state index contributed by atoms with van der Waals surface area (Å²) in [5.74, 6) is -0.416. The molecular weight excluding hydrogens is 196 g/mol. The Morgan fingerprint density at radius 2 is 1.93 bits per heavy atom. The topological polar surface area (TPSA) is 73.8 Å². The molecule has 3 N–H and O–H groups in total. The number of amides is 1. The predicted molar refractivity (Wildman–Crippen MR) is 54.1 cm³/mol. The lowest BCUT2D eigenvalue weighted by molar-refractivity contribution is -0.919. The van der Waals surface area contributed by atoms with E-state index in [4.69, 9.17) is 10.5 Å². The van der Waals surface area contributed by atoms with Gasteiger partial charge >= 0.3 is 5.97 Å². The van der Waals surface area contributed by atoms with Crippen LogP contribution in [0.5, 0.6) is 0 Å². The molecule has 1 fully saturated rings. The van der Waals surface area contributed by atoms with Crippen molar-refractivity contribution >= 4 is 11.9 Å². The smallest absolute Gasteiger partial charge is 0.309 e. The summed E-state index contributed by atoms with van der Waals surface area (Å²) in [6.45, 7) is 3.45. The lowest BCUT2D eigenvalue weighted by Gasteiger charge is -2.30. The maximum Gasteiger partial charge on any atom is 0.309 e. The Bertz CT molecular complexity index is 247. The first kappa shape index (κ1) is 12.0. The van der Waals surface area contributed by atoms with Gasteiger partial charge in [0.05, 0.1) is 26.1 Å². The van der Waals surface area contributed by atoms with E-state index in [1.807, 2.05) is 6.92 Å². The normalized spacial score (nSPS) is 28.1. The van der Waals surface area contributed by atoms with E-state index >= 15 is 0 Å². The number of carbonyl (C=O) groups is 2. The fourth-order valence-corrected chi connectivity index (χ4v) is 2.03. The van der Waals surface area contributed by atoms with Crippen molar-refractivity contribution in [1.29, 1.82) is 0 Å². The van der Waals surface area contributed by atoms with Crippen LogP contribution >= 0.6 is 0 Å². The van der Waals surface area contributed by atoms with Gasteiger partial charge in [-0.05, 0) is 6.92 Å². The molecule has 0 aliphatic carbocycles. The van der Waals surface area contributed by atoms with Gasteiger partial charge in [0, 0.05) is 12.8 Å². The van der Waals surface area contributed by atoms with Gasteiger partial charge in [-0.1, -0.05) is 0 Å². The van der Waals surface area contributed by atoms with Crippen molar-refractivity contribution in [3.8, 4) is 0 Å². The highest BCUT2D eigenvalue weighted by Gasteiger charge is 2.32. The van der Waals surface area contributed by atoms with E-state index in [2.05, 4.69) is 0 Å². The number of methoxy groups -OCH3 is 1. The molecule has 1 aliphatic heterocycles. The Morgan fingerprint density at radius 1 is 1.40 bits per heavy atom. The van der Waals surface area contributed by atoms with Gasteiger partial charge in [-0.15, -0.1) is 0 Å². The molecule has 5 nitrogen and oxygen atoms in total. The number of piperidine rings is 1. The van der Waals surface area contributed by atoms with E-state index in [0.717, 1.165) is 25.9 Å². The van der Waals surface area contributed by atoms with Gasteiger partial charge in [0.25, 0.3) is 5.91 Å². The van der Waals surface area contributed by atoms with E-state index in [0.29, 0.717) is 0 Å². The number of likely N-dealkylation sites (tertiary alicyclic amines) is 1. The van der Waals surface area contributed by atoms with Gasteiger partial charge in [0.2, 0.25) is 0 Å². The van der Waals surface area contributed by atoms with Gasteiger partial charge in [0.1, 0.15) is 0 Å². The summed E-state index contributed by atoms with van der Waals surface area (Å²) in [4.78, 5) is 23.4. The maximum atomic E-state index is 11.3. The van der Waals surface area contributed by atoms with Crippen LogP contribution in [0.25, 0.3) is 0 Å². The Labute approximate surface area is 89.6 Å². The number of nitrogens with two attached hydrogens (primary N) is 1. The number of rotatable bonds is 3. The minimum atomic E-state index is -0.276. The van der Waals surface area contributed by atoms with Crippen LogP contribution < -0.4 is 10.6 Å². The zero-order chi connectivity index (χ0) is 11.4. The summed E-state index contributed by atoms with van der Waals surface area (Å²) in [6.07, 6.45) is 1.55. The van der Waals surface area contributed by atoms with Gasteiger partial charge in [0.15, 0.2) is 6.04 Å². The van der Waals surface area contributed by atoms with E-state index in [1.165, 1.54) is 12.0 Å².